The van der Waals surface area contributed by atoms with Crippen molar-refractivity contribution in [1.82, 2.24) is 10.6 Å². The van der Waals surface area contributed by atoms with Gasteiger partial charge in [0.15, 0.2) is 16.6 Å². The Morgan fingerprint density at radius 1 is 1.10 bits per heavy atom. The van der Waals surface area contributed by atoms with Crippen molar-refractivity contribution in [2.75, 3.05) is 33.9 Å². The van der Waals surface area contributed by atoms with E-state index in [2.05, 4.69) is 60.9 Å². The minimum absolute atomic E-state index is 0.275. The number of benzene rings is 2. The van der Waals surface area contributed by atoms with Gasteiger partial charge in [-0.2, -0.15) is 0 Å². The molecule has 0 saturated carbocycles. The van der Waals surface area contributed by atoms with Gasteiger partial charge in [-0.05, 0) is 43.8 Å². The van der Waals surface area contributed by atoms with E-state index < -0.39 is 0 Å². The highest BCUT2D eigenvalue weighted by Gasteiger charge is 2.32. The van der Waals surface area contributed by atoms with Gasteiger partial charge in [0, 0.05) is 24.1 Å². The van der Waals surface area contributed by atoms with E-state index in [9.17, 15) is 0 Å². The predicted octanol–water partition coefficient (Wildman–Crippen LogP) is 2.18. The average Bonchev–Trinajstić information content (AvgIpc) is 2.73. The Morgan fingerprint density at radius 3 is 2.45 bits per heavy atom. The molecule has 1 heterocycles. The minimum Gasteiger partial charge on any atom is -0.493 e. The molecule has 156 valence electrons. The van der Waals surface area contributed by atoms with E-state index in [0.29, 0.717) is 5.11 Å². The summed E-state index contributed by atoms with van der Waals surface area (Å²) in [7, 11) is 3.38. The molecule has 3 N–H and O–H groups in total. The Kier molecular flexibility index (Phi) is 7.34. The normalized spacial score (nSPS) is 17.9. The van der Waals surface area contributed by atoms with Crippen LogP contribution in [0.25, 0.3) is 0 Å². The van der Waals surface area contributed by atoms with Crippen LogP contribution in [0.3, 0.4) is 0 Å². The molecule has 3 rings (SSSR count). The number of thiocarbonyl (C=S) groups is 1. The summed E-state index contributed by atoms with van der Waals surface area (Å²) in [5.74, 6) is 1.57. The molecule has 0 fully saturated rings. The highest BCUT2D eigenvalue weighted by molar-refractivity contribution is 7.80. The molecular weight excluding hydrogens is 382 g/mol. The maximum absolute atomic E-state index is 5.59. The zero-order valence-electron chi connectivity index (χ0n) is 17.8. The summed E-state index contributed by atoms with van der Waals surface area (Å²) in [6.07, 6.45) is 1.02. The number of ether oxygens (including phenoxy) is 2. The lowest BCUT2D eigenvalue weighted by atomic mass is 9.91. The van der Waals surface area contributed by atoms with Gasteiger partial charge in [-0.1, -0.05) is 29.8 Å². The van der Waals surface area contributed by atoms with Crippen LogP contribution in [0.1, 0.15) is 35.2 Å². The maximum atomic E-state index is 5.59. The van der Waals surface area contributed by atoms with Crippen molar-refractivity contribution >= 4 is 17.3 Å². The molecule has 2 aromatic rings. The van der Waals surface area contributed by atoms with Crippen molar-refractivity contribution in [3.63, 3.8) is 0 Å². The summed E-state index contributed by atoms with van der Waals surface area (Å²) in [6.45, 7) is 7.82. The van der Waals surface area contributed by atoms with Crippen LogP contribution < -0.4 is 25.0 Å². The number of aryl methyl sites for hydroxylation is 1. The molecule has 1 aliphatic heterocycles. The number of fused-ring (bicyclic) bond motifs is 1. The van der Waals surface area contributed by atoms with Crippen LogP contribution in [0, 0.1) is 6.92 Å². The zero-order chi connectivity index (χ0) is 20.8. The summed E-state index contributed by atoms with van der Waals surface area (Å²) < 4.78 is 11.1. The van der Waals surface area contributed by atoms with E-state index in [-0.39, 0.29) is 6.04 Å². The Labute approximate surface area is 179 Å². The molecule has 29 heavy (non-hydrogen) atoms. The topological polar surface area (TPSA) is 47.0 Å². The first-order valence-corrected chi connectivity index (χ1v) is 10.6. The van der Waals surface area contributed by atoms with Gasteiger partial charge in [-0.25, -0.2) is 0 Å². The van der Waals surface area contributed by atoms with Gasteiger partial charge in [0.25, 0.3) is 0 Å². The summed E-state index contributed by atoms with van der Waals surface area (Å²) in [6, 6.07) is 13.4. The molecule has 0 bridgehead atoms. The number of methoxy groups -OCH3 is 2. The second-order valence-electron chi connectivity index (χ2n) is 7.52. The van der Waals surface area contributed by atoms with Gasteiger partial charge >= 0.3 is 0 Å². The molecule has 2 aromatic carbocycles. The van der Waals surface area contributed by atoms with Gasteiger partial charge in [0.05, 0.1) is 27.3 Å². The Morgan fingerprint density at radius 2 is 1.79 bits per heavy atom. The largest absolute Gasteiger partial charge is 0.493 e. The van der Waals surface area contributed by atoms with Crippen molar-refractivity contribution in [3.8, 4) is 11.5 Å². The standard InChI is InChI=1S/C23H31N3O2S/c1-5-24-23(29)25-14-20-19-13-22(28-4)21(27-3)12-18(19)10-11-26(20)15-17-8-6-16(2)7-9-17/h6-9,12-13,20H,5,10-11,14-15H2,1-4H3,(H2,24,25,29)/p+1/t20-/m0/s1. The van der Waals surface area contributed by atoms with Gasteiger partial charge < -0.3 is 25.0 Å². The number of hydrogen-bond donors (Lipinski definition) is 3. The van der Waals surface area contributed by atoms with Crippen LogP contribution in [0.15, 0.2) is 36.4 Å². The number of quaternary nitrogens is 1. The van der Waals surface area contributed by atoms with Crippen LogP contribution in [-0.2, 0) is 13.0 Å². The number of nitrogens with one attached hydrogen (secondary N) is 3. The molecule has 2 atom stereocenters. The molecular formula is C23H32N3O2S+. The van der Waals surface area contributed by atoms with Crippen molar-refractivity contribution in [3.05, 3.63) is 58.7 Å². The molecule has 0 spiro atoms. The van der Waals surface area contributed by atoms with E-state index in [4.69, 9.17) is 21.7 Å². The first-order valence-electron chi connectivity index (χ1n) is 10.2. The van der Waals surface area contributed by atoms with E-state index in [0.717, 1.165) is 44.1 Å². The van der Waals surface area contributed by atoms with Crippen LogP contribution in [0.2, 0.25) is 0 Å². The second-order valence-corrected chi connectivity index (χ2v) is 7.93. The highest BCUT2D eigenvalue weighted by atomic mass is 32.1. The van der Waals surface area contributed by atoms with Gasteiger partial charge in [-0.3, -0.25) is 0 Å². The molecule has 0 saturated heterocycles. The second kappa shape index (κ2) is 9.94. The van der Waals surface area contributed by atoms with Gasteiger partial charge in [0.2, 0.25) is 0 Å². The summed E-state index contributed by atoms with van der Waals surface area (Å²) in [4.78, 5) is 1.53. The van der Waals surface area contributed by atoms with Crippen molar-refractivity contribution < 1.29 is 14.4 Å². The Hall–Kier alpha value is -2.31. The van der Waals surface area contributed by atoms with E-state index in [1.165, 1.54) is 27.2 Å². The van der Waals surface area contributed by atoms with Gasteiger partial charge in [0.1, 0.15) is 12.6 Å². The minimum atomic E-state index is 0.275. The average molecular weight is 415 g/mol. The van der Waals surface area contributed by atoms with Crippen molar-refractivity contribution in [2.24, 2.45) is 0 Å². The molecule has 0 aromatic heterocycles. The summed E-state index contributed by atoms with van der Waals surface area (Å²) in [5, 5.41) is 7.30. The molecule has 0 aliphatic carbocycles. The smallest absolute Gasteiger partial charge is 0.166 e. The molecule has 0 amide bonds. The van der Waals surface area contributed by atoms with Crippen LogP contribution in [0.5, 0.6) is 11.5 Å². The highest BCUT2D eigenvalue weighted by Crippen LogP contribution is 2.34. The summed E-state index contributed by atoms with van der Waals surface area (Å²) >= 11 is 5.41. The summed E-state index contributed by atoms with van der Waals surface area (Å²) in [5.41, 5.74) is 5.28. The molecule has 0 radical (unpaired) electrons. The van der Waals surface area contributed by atoms with Crippen molar-refractivity contribution in [1.29, 1.82) is 0 Å². The van der Waals surface area contributed by atoms with Crippen LogP contribution >= 0.6 is 12.2 Å². The maximum Gasteiger partial charge on any atom is 0.166 e. The number of rotatable bonds is 7. The fourth-order valence-electron chi connectivity index (χ4n) is 4.02. The fourth-order valence-corrected chi connectivity index (χ4v) is 4.25. The molecule has 5 nitrogen and oxygen atoms in total. The predicted molar refractivity (Wildman–Crippen MR) is 121 cm³/mol. The third kappa shape index (κ3) is 5.19. The zero-order valence-corrected chi connectivity index (χ0v) is 18.6. The SMILES string of the molecule is CCNC(=S)NC[C@H]1c2cc(OC)c(OC)cc2CC[NH+]1Cc1ccc(C)cc1. The monoisotopic (exact) mass is 414 g/mol. The fraction of sp³-hybridized carbons (Fsp3) is 0.435. The molecule has 6 heteroatoms. The van der Waals surface area contributed by atoms with Crippen LogP contribution in [-0.4, -0.2) is 39.0 Å². The van der Waals surface area contributed by atoms with E-state index in [1.807, 2.05) is 0 Å². The first kappa shape index (κ1) is 21.4. The molecule has 1 aliphatic rings. The Bertz CT molecular complexity index is 839. The van der Waals surface area contributed by atoms with Crippen LogP contribution in [0.4, 0.5) is 0 Å². The lowest BCUT2D eigenvalue weighted by Gasteiger charge is -2.35. The third-order valence-corrected chi connectivity index (χ3v) is 5.87. The lowest BCUT2D eigenvalue weighted by molar-refractivity contribution is -0.945. The molecule has 1 unspecified atom stereocenters. The quantitative estimate of drug-likeness (QED) is 0.607. The third-order valence-electron chi connectivity index (χ3n) is 5.58. The van der Waals surface area contributed by atoms with E-state index >= 15 is 0 Å². The Balaban J connectivity index is 1.89. The number of hydrogen-bond acceptors (Lipinski definition) is 3. The van der Waals surface area contributed by atoms with Crippen molar-refractivity contribution in [2.45, 2.75) is 32.9 Å². The lowest BCUT2D eigenvalue weighted by Crippen LogP contribution is -3.12. The van der Waals surface area contributed by atoms with Gasteiger partial charge in [-0.15, -0.1) is 0 Å². The van der Waals surface area contributed by atoms with E-state index in [1.54, 1.807) is 14.2 Å². The first-order chi connectivity index (χ1) is 14.0.